The van der Waals surface area contributed by atoms with Crippen LogP contribution in [0.25, 0.3) is 0 Å². The Hall–Kier alpha value is -3.22. The Balaban J connectivity index is 1.82. The number of allylic oxidation sites excluding steroid dienone is 1. The number of nitro benzene ring substituents is 1. The van der Waals surface area contributed by atoms with Crippen LogP contribution in [0.1, 0.15) is 30.9 Å². The third-order valence-corrected chi connectivity index (χ3v) is 4.56. The van der Waals surface area contributed by atoms with Gasteiger partial charge in [-0.1, -0.05) is 0 Å². The predicted octanol–water partition coefficient (Wildman–Crippen LogP) is 3.58. The number of benzene rings is 1. The van der Waals surface area contributed by atoms with Gasteiger partial charge in [-0.15, -0.1) is 0 Å². The van der Waals surface area contributed by atoms with Crippen molar-refractivity contribution in [2.75, 3.05) is 10.6 Å². The maximum atomic E-state index is 12.6. The first kappa shape index (κ1) is 15.3. The number of carbonyl (C=O) groups is 1. The second-order valence-electron chi connectivity index (χ2n) is 6.12. The molecule has 1 aromatic carbocycles. The Bertz CT molecular complexity index is 889. The number of non-ortho nitro benzene ring substituents is 1. The molecule has 1 aromatic heterocycles. The molecule has 0 saturated heterocycles. The van der Waals surface area contributed by atoms with E-state index in [9.17, 15) is 14.9 Å². The van der Waals surface area contributed by atoms with Crippen molar-refractivity contribution in [1.82, 2.24) is 4.98 Å². The van der Waals surface area contributed by atoms with Gasteiger partial charge < -0.3 is 10.6 Å². The van der Waals surface area contributed by atoms with Crippen LogP contribution in [0, 0.1) is 10.1 Å². The number of anilines is 2. The molecule has 0 saturated carbocycles. The number of ketones is 1. The topological polar surface area (TPSA) is 97.2 Å². The molecule has 1 atom stereocenters. The number of hydrogen-bond donors (Lipinski definition) is 2. The summed E-state index contributed by atoms with van der Waals surface area (Å²) in [4.78, 5) is 27.5. The molecule has 2 aliphatic rings. The lowest BCUT2D eigenvalue weighted by Crippen LogP contribution is -2.23. The SMILES string of the molecule is O=C1CCCC2=C1C(c1ccc([N+](=O)[O-])cc1)Nc1ncccc1N2. The van der Waals surface area contributed by atoms with Crippen molar-refractivity contribution in [3.63, 3.8) is 0 Å². The van der Waals surface area contributed by atoms with Gasteiger partial charge in [-0.3, -0.25) is 14.9 Å². The number of nitrogens with one attached hydrogen (secondary N) is 2. The van der Waals surface area contributed by atoms with E-state index in [0.29, 0.717) is 17.8 Å². The number of aromatic nitrogens is 1. The Labute approximate surface area is 143 Å². The zero-order chi connectivity index (χ0) is 17.4. The first-order chi connectivity index (χ1) is 12.1. The summed E-state index contributed by atoms with van der Waals surface area (Å²) in [5.41, 5.74) is 3.25. The van der Waals surface area contributed by atoms with Crippen LogP contribution in [-0.2, 0) is 4.79 Å². The number of nitrogens with zero attached hydrogens (tertiary/aromatic N) is 2. The number of rotatable bonds is 2. The van der Waals surface area contributed by atoms with Gasteiger partial charge in [0.15, 0.2) is 5.78 Å². The molecule has 25 heavy (non-hydrogen) atoms. The average Bonchev–Trinajstić information content (AvgIpc) is 2.79. The standard InChI is InChI=1S/C18H16N4O3/c23-15-5-1-3-13-16(15)17(11-6-8-12(9-7-11)22(24)25)21-18-14(20-13)4-2-10-19-18/h2,4,6-10,17,20H,1,3,5H2,(H,19,21). The maximum Gasteiger partial charge on any atom is 0.269 e. The Kier molecular flexibility index (Phi) is 3.68. The predicted molar refractivity (Wildman–Crippen MR) is 93.2 cm³/mol. The fourth-order valence-electron chi connectivity index (χ4n) is 3.36. The fourth-order valence-corrected chi connectivity index (χ4v) is 3.36. The summed E-state index contributed by atoms with van der Waals surface area (Å²) >= 11 is 0. The highest BCUT2D eigenvalue weighted by Crippen LogP contribution is 2.39. The molecule has 2 aromatic rings. The van der Waals surface area contributed by atoms with Gasteiger partial charge in [-0.05, 0) is 42.7 Å². The molecule has 126 valence electrons. The molecule has 0 bridgehead atoms. The van der Waals surface area contributed by atoms with Gasteiger partial charge in [-0.2, -0.15) is 0 Å². The maximum absolute atomic E-state index is 12.6. The number of carbonyl (C=O) groups excluding carboxylic acids is 1. The van der Waals surface area contributed by atoms with E-state index in [-0.39, 0.29) is 17.5 Å². The van der Waals surface area contributed by atoms with E-state index >= 15 is 0 Å². The summed E-state index contributed by atoms with van der Waals surface area (Å²) in [6.07, 6.45) is 3.80. The Morgan fingerprint density at radius 2 is 1.96 bits per heavy atom. The van der Waals surface area contributed by atoms with Crippen molar-refractivity contribution in [3.05, 3.63) is 69.5 Å². The van der Waals surface area contributed by atoms with Crippen LogP contribution in [0.4, 0.5) is 17.2 Å². The summed E-state index contributed by atoms with van der Waals surface area (Å²) in [5.74, 6) is 0.755. The lowest BCUT2D eigenvalue weighted by atomic mass is 9.87. The molecule has 4 rings (SSSR count). The lowest BCUT2D eigenvalue weighted by Gasteiger charge is -2.25. The fraction of sp³-hybridized carbons (Fsp3) is 0.222. The summed E-state index contributed by atoms with van der Waals surface area (Å²) in [5, 5.41) is 17.6. The second kappa shape index (κ2) is 6.01. The molecule has 7 nitrogen and oxygen atoms in total. The quantitative estimate of drug-likeness (QED) is 0.643. The van der Waals surface area contributed by atoms with Crippen molar-refractivity contribution in [2.24, 2.45) is 0 Å². The molecule has 2 heterocycles. The van der Waals surface area contributed by atoms with E-state index < -0.39 is 4.92 Å². The van der Waals surface area contributed by atoms with Crippen LogP contribution in [0.5, 0.6) is 0 Å². The van der Waals surface area contributed by atoms with Crippen LogP contribution < -0.4 is 10.6 Å². The first-order valence-electron chi connectivity index (χ1n) is 8.12. The number of nitro groups is 1. The van der Waals surface area contributed by atoms with E-state index in [1.165, 1.54) is 12.1 Å². The van der Waals surface area contributed by atoms with Gasteiger partial charge in [0.25, 0.3) is 5.69 Å². The van der Waals surface area contributed by atoms with Gasteiger partial charge in [0.1, 0.15) is 5.82 Å². The van der Waals surface area contributed by atoms with Crippen molar-refractivity contribution in [3.8, 4) is 0 Å². The van der Waals surface area contributed by atoms with E-state index in [2.05, 4.69) is 15.6 Å². The lowest BCUT2D eigenvalue weighted by molar-refractivity contribution is -0.384. The largest absolute Gasteiger partial charge is 0.357 e. The van der Waals surface area contributed by atoms with E-state index in [1.807, 2.05) is 12.1 Å². The van der Waals surface area contributed by atoms with Crippen LogP contribution in [-0.4, -0.2) is 15.7 Å². The minimum Gasteiger partial charge on any atom is -0.357 e. The van der Waals surface area contributed by atoms with Gasteiger partial charge in [0.2, 0.25) is 0 Å². The molecule has 2 N–H and O–H groups in total. The molecule has 0 amide bonds. The van der Waals surface area contributed by atoms with E-state index in [4.69, 9.17) is 0 Å². The van der Waals surface area contributed by atoms with Crippen molar-refractivity contribution in [1.29, 1.82) is 0 Å². The zero-order valence-corrected chi connectivity index (χ0v) is 13.4. The van der Waals surface area contributed by atoms with Crippen molar-refractivity contribution < 1.29 is 9.72 Å². The summed E-state index contributed by atoms with van der Waals surface area (Å²) in [6.45, 7) is 0. The van der Waals surface area contributed by atoms with Gasteiger partial charge in [0, 0.05) is 36.0 Å². The third-order valence-electron chi connectivity index (χ3n) is 4.56. The van der Waals surface area contributed by atoms with Crippen LogP contribution in [0.2, 0.25) is 0 Å². The van der Waals surface area contributed by atoms with Crippen LogP contribution in [0.15, 0.2) is 53.9 Å². The highest BCUT2D eigenvalue weighted by atomic mass is 16.6. The number of Topliss-reactive ketones (excluding diaryl/α,β-unsaturated/α-hetero) is 1. The molecule has 0 spiro atoms. The molecule has 0 fully saturated rings. The van der Waals surface area contributed by atoms with Gasteiger partial charge in [0.05, 0.1) is 16.7 Å². The molecule has 1 aliphatic heterocycles. The zero-order valence-electron chi connectivity index (χ0n) is 13.4. The minimum absolute atomic E-state index is 0.0261. The highest BCUT2D eigenvalue weighted by Gasteiger charge is 2.32. The smallest absolute Gasteiger partial charge is 0.269 e. The van der Waals surface area contributed by atoms with Crippen molar-refractivity contribution >= 4 is 23.0 Å². The number of fused-ring (bicyclic) bond motifs is 1. The Morgan fingerprint density at radius 1 is 1.16 bits per heavy atom. The average molecular weight is 336 g/mol. The monoisotopic (exact) mass is 336 g/mol. The highest BCUT2D eigenvalue weighted by molar-refractivity contribution is 6.00. The summed E-state index contributed by atoms with van der Waals surface area (Å²) in [6, 6.07) is 9.67. The Morgan fingerprint density at radius 3 is 2.72 bits per heavy atom. The minimum atomic E-state index is -0.431. The molecule has 0 radical (unpaired) electrons. The molecule has 7 heteroatoms. The normalized spacial score (nSPS) is 19.2. The first-order valence-corrected chi connectivity index (χ1v) is 8.12. The van der Waals surface area contributed by atoms with E-state index in [0.717, 1.165) is 29.8 Å². The summed E-state index contributed by atoms with van der Waals surface area (Å²) < 4.78 is 0. The third kappa shape index (κ3) is 2.73. The van der Waals surface area contributed by atoms with Crippen LogP contribution >= 0.6 is 0 Å². The molecular formula is C18H16N4O3. The van der Waals surface area contributed by atoms with E-state index in [1.54, 1.807) is 18.3 Å². The number of pyridine rings is 1. The van der Waals surface area contributed by atoms with Gasteiger partial charge in [-0.25, -0.2) is 4.98 Å². The second-order valence-corrected chi connectivity index (χ2v) is 6.12. The number of hydrogen-bond acceptors (Lipinski definition) is 6. The van der Waals surface area contributed by atoms with Crippen LogP contribution in [0.3, 0.4) is 0 Å². The van der Waals surface area contributed by atoms with Crippen molar-refractivity contribution in [2.45, 2.75) is 25.3 Å². The molecule has 1 aliphatic carbocycles. The van der Waals surface area contributed by atoms with Gasteiger partial charge >= 0.3 is 0 Å². The summed E-state index contributed by atoms with van der Waals surface area (Å²) in [7, 11) is 0. The molecule has 1 unspecified atom stereocenters. The molecular weight excluding hydrogens is 320 g/mol.